The van der Waals surface area contributed by atoms with E-state index in [0.717, 1.165) is 24.3 Å². The maximum absolute atomic E-state index is 5.83. The second kappa shape index (κ2) is 4.65. The largest absolute Gasteiger partial charge is 0.330 e. The van der Waals surface area contributed by atoms with E-state index in [1.165, 1.54) is 25.7 Å². The van der Waals surface area contributed by atoms with Gasteiger partial charge in [0.15, 0.2) is 0 Å². The molecule has 1 heteroatoms. The Labute approximate surface area is 89.5 Å². The van der Waals surface area contributed by atoms with Gasteiger partial charge in [-0.05, 0) is 29.7 Å². The molecule has 0 aromatic heterocycles. The lowest BCUT2D eigenvalue weighted by Gasteiger charge is -2.16. The van der Waals surface area contributed by atoms with E-state index in [1.807, 2.05) is 0 Å². The maximum atomic E-state index is 5.83. The standard InChI is InChI=1S/C13H27N/c1-5-7-10(8-6-2)12-11(9-14)13(12,3)4/h10-12H,5-9,14H2,1-4H3/t11-,12-/m1/s1. The van der Waals surface area contributed by atoms with Crippen LogP contribution in [0.3, 0.4) is 0 Å². The van der Waals surface area contributed by atoms with E-state index in [-0.39, 0.29) is 0 Å². The highest BCUT2D eigenvalue weighted by Crippen LogP contribution is 2.62. The fourth-order valence-electron chi connectivity index (χ4n) is 3.42. The summed E-state index contributed by atoms with van der Waals surface area (Å²) in [7, 11) is 0. The number of hydrogen-bond donors (Lipinski definition) is 1. The highest BCUT2D eigenvalue weighted by Gasteiger charge is 2.58. The lowest BCUT2D eigenvalue weighted by molar-refractivity contribution is 0.340. The van der Waals surface area contributed by atoms with Crippen molar-refractivity contribution in [3.05, 3.63) is 0 Å². The van der Waals surface area contributed by atoms with E-state index in [0.29, 0.717) is 5.41 Å². The van der Waals surface area contributed by atoms with E-state index in [2.05, 4.69) is 27.7 Å². The van der Waals surface area contributed by atoms with Gasteiger partial charge >= 0.3 is 0 Å². The topological polar surface area (TPSA) is 26.0 Å². The lowest BCUT2D eigenvalue weighted by Crippen LogP contribution is -2.09. The van der Waals surface area contributed by atoms with Crippen LogP contribution in [0.4, 0.5) is 0 Å². The van der Waals surface area contributed by atoms with Crippen LogP contribution in [0, 0.1) is 23.2 Å². The van der Waals surface area contributed by atoms with Gasteiger partial charge in [0, 0.05) is 0 Å². The average Bonchev–Trinajstić information content (AvgIpc) is 2.67. The Morgan fingerprint density at radius 3 is 1.93 bits per heavy atom. The van der Waals surface area contributed by atoms with Crippen molar-refractivity contribution < 1.29 is 0 Å². The summed E-state index contributed by atoms with van der Waals surface area (Å²) >= 11 is 0. The van der Waals surface area contributed by atoms with Gasteiger partial charge in [-0.25, -0.2) is 0 Å². The molecule has 0 aliphatic heterocycles. The second-order valence-electron chi connectivity index (χ2n) is 5.53. The minimum Gasteiger partial charge on any atom is -0.330 e. The smallest absolute Gasteiger partial charge is 0.00407 e. The van der Waals surface area contributed by atoms with E-state index in [9.17, 15) is 0 Å². The predicted molar refractivity (Wildman–Crippen MR) is 63.1 cm³/mol. The summed E-state index contributed by atoms with van der Waals surface area (Å²) in [5.74, 6) is 2.64. The van der Waals surface area contributed by atoms with E-state index >= 15 is 0 Å². The predicted octanol–water partition coefficient (Wildman–Crippen LogP) is 3.43. The van der Waals surface area contributed by atoms with Gasteiger partial charge in [-0.3, -0.25) is 0 Å². The summed E-state index contributed by atoms with van der Waals surface area (Å²) in [4.78, 5) is 0. The maximum Gasteiger partial charge on any atom is -0.00407 e. The molecule has 1 fully saturated rings. The molecule has 0 heterocycles. The van der Waals surface area contributed by atoms with E-state index < -0.39 is 0 Å². The van der Waals surface area contributed by atoms with Crippen LogP contribution in [-0.2, 0) is 0 Å². The molecule has 0 unspecified atom stereocenters. The molecular formula is C13H27N. The molecule has 0 aromatic rings. The van der Waals surface area contributed by atoms with E-state index in [1.54, 1.807) is 0 Å². The summed E-state index contributed by atoms with van der Waals surface area (Å²) in [5, 5.41) is 0. The minimum atomic E-state index is 0.532. The fourth-order valence-corrected chi connectivity index (χ4v) is 3.42. The van der Waals surface area contributed by atoms with Crippen molar-refractivity contribution in [2.45, 2.75) is 53.4 Å². The van der Waals surface area contributed by atoms with Crippen LogP contribution >= 0.6 is 0 Å². The summed E-state index contributed by atoms with van der Waals surface area (Å²) in [6, 6.07) is 0. The molecule has 0 aromatic carbocycles. The number of hydrogen-bond acceptors (Lipinski definition) is 1. The molecule has 1 saturated carbocycles. The highest BCUT2D eigenvalue weighted by atomic mass is 14.7. The van der Waals surface area contributed by atoms with Gasteiger partial charge in [0.1, 0.15) is 0 Å². The van der Waals surface area contributed by atoms with Crippen LogP contribution in [0.2, 0.25) is 0 Å². The monoisotopic (exact) mass is 197 g/mol. The van der Waals surface area contributed by atoms with Gasteiger partial charge in [-0.15, -0.1) is 0 Å². The molecule has 0 radical (unpaired) electrons. The minimum absolute atomic E-state index is 0.532. The van der Waals surface area contributed by atoms with Crippen molar-refractivity contribution in [1.29, 1.82) is 0 Å². The highest BCUT2D eigenvalue weighted by molar-refractivity contribution is 5.07. The molecule has 1 nitrogen and oxygen atoms in total. The molecular weight excluding hydrogens is 170 g/mol. The van der Waals surface area contributed by atoms with Crippen molar-refractivity contribution >= 4 is 0 Å². The first-order chi connectivity index (χ1) is 6.59. The normalized spacial score (nSPS) is 29.6. The van der Waals surface area contributed by atoms with Gasteiger partial charge in [0.05, 0.1) is 0 Å². The van der Waals surface area contributed by atoms with Crippen LogP contribution in [0.5, 0.6) is 0 Å². The van der Waals surface area contributed by atoms with Gasteiger partial charge in [-0.2, -0.15) is 0 Å². The van der Waals surface area contributed by atoms with Crippen molar-refractivity contribution in [2.75, 3.05) is 6.54 Å². The SMILES string of the molecule is CCCC(CCC)[C@@H]1[C@@H](CN)C1(C)C. The first kappa shape index (κ1) is 12.0. The van der Waals surface area contributed by atoms with Gasteiger partial charge in [-0.1, -0.05) is 53.4 Å². The molecule has 0 amide bonds. The van der Waals surface area contributed by atoms with E-state index in [4.69, 9.17) is 5.73 Å². The van der Waals surface area contributed by atoms with Crippen molar-refractivity contribution in [2.24, 2.45) is 28.9 Å². The average molecular weight is 197 g/mol. The third kappa shape index (κ3) is 2.13. The van der Waals surface area contributed by atoms with Crippen LogP contribution < -0.4 is 5.73 Å². The Morgan fingerprint density at radius 2 is 1.64 bits per heavy atom. The fraction of sp³-hybridized carbons (Fsp3) is 1.00. The third-order valence-corrected chi connectivity index (χ3v) is 4.22. The molecule has 1 rings (SSSR count). The van der Waals surface area contributed by atoms with Crippen LogP contribution in [0.15, 0.2) is 0 Å². The van der Waals surface area contributed by atoms with Crippen molar-refractivity contribution in [3.63, 3.8) is 0 Å². The molecule has 84 valence electrons. The quantitative estimate of drug-likeness (QED) is 0.693. The zero-order valence-electron chi connectivity index (χ0n) is 10.3. The van der Waals surface area contributed by atoms with Crippen LogP contribution in [0.25, 0.3) is 0 Å². The summed E-state index contributed by atoms with van der Waals surface area (Å²) in [6.45, 7) is 10.3. The van der Waals surface area contributed by atoms with Gasteiger partial charge in [0.2, 0.25) is 0 Å². The Balaban J connectivity index is 2.53. The zero-order valence-corrected chi connectivity index (χ0v) is 10.3. The third-order valence-electron chi connectivity index (χ3n) is 4.22. The molecule has 0 bridgehead atoms. The number of rotatable bonds is 6. The Hall–Kier alpha value is -0.0400. The van der Waals surface area contributed by atoms with Crippen molar-refractivity contribution in [1.82, 2.24) is 0 Å². The van der Waals surface area contributed by atoms with Gasteiger partial charge in [0.25, 0.3) is 0 Å². The van der Waals surface area contributed by atoms with Crippen molar-refractivity contribution in [3.8, 4) is 0 Å². The molecule has 1 aliphatic rings. The first-order valence-corrected chi connectivity index (χ1v) is 6.29. The molecule has 2 atom stereocenters. The lowest BCUT2D eigenvalue weighted by atomic mass is 9.89. The first-order valence-electron chi connectivity index (χ1n) is 6.29. The number of nitrogens with two attached hydrogens (primary N) is 1. The molecule has 1 aliphatic carbocycles. The molecule has 14 heavy (non-hydrogen) atoms. The summed E-state index contributed by atoms with van der Waals surface area (Å²) < 4.78 is 0. The Kier molecular flexibility index (Phi) is 4.00. The van der Waals surface area contributed by atoms with Crippen LogP contribution in [0.1, 0.15) is 53.4 Å². The zero-order chi connectivity index (χ0) is 10.8. The molecule has 2 N–H and O–H groups in total. The van der Waals surface area contributed by atoms with Gasteiger partial charge < -0.3 is 5.73 Å². The Bertz CT molecular complexity index is 168. The molecule has 0 saturated heterocycles. The molecule has 0 spiro atoms. The van der Waals surface area contributed by atoms with Crippen LogP contribution in [-0.4, -0.2) is 6.54 Å². The second-order valence-corrected chi connectivity index (χ2v) is 5.53. The summed E-state index contributed by atoms with van der Waals surface area (Å²) in [5.41, 5.74) is 6.36. The summed E-state index contributed by atoms with van der Waals surface area (Å²) in [6.07, 6.45) is 5.46. The Morgan fingerprint density at radius 1 is 1.14 bits per heavy atom.